The molecule has 0 radical (unpaired) electrons. The normalized spacial score (nSPS) is 30.8. The average molecular weight is 228 g/mol. The van der Waals surface area contributed by atoms with Gasteiger partial charge in [-0.2, -0.15) is 0 Å². The van der Waals surface area contributed by atoms with Gasteiger partial charge in [0.05, 0.1) is 0 Å². The van der Waals surface area contributed by atoms with Crippen LogP contribution < -0.4 is 5.32 Å². The van der Waals surface area contributed by atoms with Crippen molar-refractivity contribution >= 4 is 0 Å². The number of hydrogen-bond acceptors (Lipinski definition) is 3. The molecule has 0 aromatic carbocycles. The van der Waals surface area contributed by atoms with Crippen LogP contribution >= 0.6 is 0 Å². The van der Waals surface area contributed by atoms with Crippen molar-refractivity contribution in [2.24, 2.45) is 17.8 Å². The molecule has 0 saturated carbocycles. The summed E-state index contributed by atoms with van der Waals surface area (Å²) in [5.74, 6) is 2.14. The topological polar surface area (TPSA) is 24.5 Å². The van der Waals surface area contributed by atoms with E-state index in [0.717, 1.165) is 31.5 Å². The number of nitrogens with zero attached hydrogens (tertiary/aromatic N) is 1. The zero-order valence-corrected chi connectivity index (χ0v) is 11.3. The molecule has 0 amide bonds. The fourth-order valence-electron chi connectivity index (χ4n) is 2.59. The van der Waals surface area contributed by atoms with Crippen LogP contribution in [0, 0.1) is 17.8 Å². The smallest absolute Gasteiger partial charge is 0.0500 e. The monoisotopic (exact) mass is 228 g/mol. The SMILES string of the molecule is COCC(C)CN1CC(C)CNCC(C)C1. The Morgan fingerprint density at radius 3 is 2.31 bits per heavy atom. The number of hydrogen-bond donors (Lipinski definition) is 1. The zero-order chi connectivity index (χ0) is 12.0. The molecule has 1 rings (SSSR count). The van der Waals surface area contributed by atoms with E-state index >= 15 is 0 Å². The summed E-state index contributed by atoms with van der Waals surface area (Å²) in [6.45, 7) is 13.7. The van der Waals surface area contributed by atoms with E-state index in [1.54, 1.807) is 7.11 Å². The van der Waals surface area contributed by atoms with E-state index in [1.807, 2.05) is 0 Å². The molecule has 0 bridgehead atoms. The molecule has 0 spiro atoms. The van der Waals surface area contributed by atoms with Crippen molar-refractivity contribution in [3.63, 3.8) is 0 Å². The summed E-state index contributed by atoms with van der Waals surface area (Å²) in [5, 5.41) is 3.53. The van der Waals surface area contributed by atoms with Crippen molar-refractivity contribution in [1.29, 1.82) is 0 Å². The minimum Gasteiger partial charge on any atom is -0.384 e. The maximum Gasteiger partial charge on any atom is 0.0500 e. The molecule has 16 heavy (non-hydrogen) atoms. The van der Waals surface area contributed by atoms with Crippen LogP contribution in [0.15, 0.2) is 0 Å². The molecule has 0 aromatic rings. The van der Waals surface area contributed by atoms with Gasteiger partial charge in [-0.1, -0.05) is 20.8 Å². The first-order valence-electron chi connectivity index (χ1n) is 6.53. The molecular formula is C13H28N2O. The van der Waals surface area contributed by atoms with Gasteiger partial charge in [-0.05, 0) is 30.8 Å². The van der Waals surface area contributed by atoms with E-state index < -0.39 is 0 Å². The van der Waals surface area contributed by atoms with Gasteiger partial charge in [-0.15, -0.1) is 0 Å². The quantitative estimate of drug-likeness (QED) is 0.788. The van der Waals surface area contributed by atoms with Crippen molar-refractivity contribution in [3.8, 4) is 0 Å². The van der Waals surface area contributed by atoms with Crippen molar-refractivity contribution in [2.45, 2.75) is 20.8 Å². The third-order valence-corrected chi connectivity index (χ3v) is 3.15. The molecule has 3 unspecified atom stereocenters. The molecule has 96 valence electrons. The maximum absolute atomic E-state index is 5.22. The zero-order valence-electron chi connectivity index (χ0n) is 11.3. The molecule has 0 aliphatic carbocycles. The third-order valence-electron chi connectivity index (χ3n) is 3.15. The summed E-state index contributed by atoms with van der Waals surface area (Å²) in [6.07, 6.45) is 0. The molecule has 3 atom stereocenters. The van der Waals surface area contributed by atoms with Crippen LogP contribution in [0.5, 0.6) is 0 Å². The summed E-state index contributed by atoms with van der Waals surface area (Å²) in [5.41, 5.74) is 0. The Morgan fingerprint density at radius 1 is 1.25 bits per heavy atom. The van der Waals surface area contributed by atoms with Crippen molar-refractivity contribution in [3.05, 3.63) is 0 Å². The van der Waals surface area contributed by atoms with Crippen molar-refractivity contribution < 1.29 is 4.74 Å². The number of ether oxygens (including phenoxy) is 1. The highest BCUT2D eigenvalue weighted by Gasteiger charge is 2.18. The van der Waals surface area contributed by atoms with Crippen LogP contribution in [-0.4, -0.2) is 51.3 Å². The summed E-state index contributed by atoms with van der Waals surface area (Å²) in [4.78, 5) is 2.61. The van der Waals surface area contributed by atoms with Gasteiger partial charge in [-0.3, -0.25) is 0 Å². The molecule has 1 N–H and O–H groups in total. The first kappa shape index (κ1) is 13.9. The summed E-state index contributed by atoms with van der Waals surface area (Å²) in [7, 11) is 1.79. The van der Waals surface area contributed by atoms with Crippen LogP contribution in [0.2, 0.25) is 0 Å². The Morgan fingerprint density at radius 2 is 1.81 bits per heavy atom. The predicted octanol–water partition coefficient (Wildman–Crippen LogP) is 1.45. The minimum atomic E-state index is 0.636. The molecule has 3 nitrogen and oxygen atoms in total. The van der Waals surface area contributed by atoms with Crippen LogP contribution in [0.3, 0.4) is 0 Å². The van der Waals surface area contributed by atoms with Gasteiger partial charge < -0.3 is 15.0 Å². The lowest BCUT2D eigenvalue weighted by molar-refractivity contribution is 0.110. The Kier molecular flexibility index (Phi) is 6.32. The lowest BCUT2D eigenvalue weighted by Gasteiger charge is -2.33. The first-order chi connectivity index (χ1) is 7.61. The van der Waals surface area contributed by atoms with Gasteiger partial charge >= 0.3 is 0 Å². The van der Waals surface area contributed by atoms with Gasteiger partial charge in [-0.25, -0.2) is 0 Å². The van der Waals surface area contributed by atoms with Gasteiger partial charge in [0.15, 0.2) is 0 Å². The second-order valence-corrected chi connectivity index (χ2v) is 5.65. The van der Waals surface area contributed by atoms with Gasteiger partial charge in [0, 0.05) is 33.4 Å². The highest BCUT2D eigenvalue weighted by Crippen LogP contribution is 2.10. The Bertz CT molecular complexity index is 175. The van der Waals surface area contributed by atoms with Gasteiger partial charge in [0.2, 0.25) is 0 Å². The van der Waals surface area contributed by atoms with Crippen LogP contribution in [-0.2, 0) is 4.74 Å². The van der Waals surface area contributed by atoms with E-state index in [-0.39, 0.29) is 0 Å². The molecule has 3 heteroatoms. The second-order valence-electron chi connectivity index (χ2n) is 5.65. The van der Waals surface area contributed by atoms with E-state index in [9.17, 15) is 0 Å². The molecule has 1 fully saturated rings. The fraction of sp³-hybridized carbons (Fsp3) is 1.00. The second kappa shape index (κ2) is 7.25. The lowest BCUT2D eigenvalue weighted by atomic mass is 10.0. The standard InChI is InChI=1S/C13H28N2O/c1-11-5-14-6-12(2)8-15(7-11)9-13(3)10-16-4/h11-14H,5-10H2,1-4H3. The van der Waals surface area contributed by atoms with Crippen molar-refractivity contribution in [2.75, 3.05) is 46.4 Å². The predicted molar refractivity (Wildman–Crippen MR) is 68.7 cm³/mol. The van der Waals surface area contributed by atoms with Crippen LogP contribution in [0.4, 0.5) is 0 Å². The molecule has 0 aromatic heterocycles. The maximum atomic E-state index is 5.22. The number of methoxy groups -OCH3 is 1. The third kappa shape index (κ3) is 5.28. The highest BCUT2D eigenvalue weighted by atomic mass is 16.5. The number of rotatable bonds is 4. The highest BCUT2D eigenvalue weighted by molar-refractivity contribution is 4.74. The largest absolute Gasteiger partial charge is 0.384 e. The molecular weight excluding hydrogens is 200 g/mol. The van der Waals surface area contributed by atoms with E-state index in [2.05, 4.69) is 31.0 Å². The Balaban J connectivity index is 2.40. The molecule has 1 aliphatic heterocycles. The molecule has 1 heterocycles. The Labute approximate surface area is 101 Å². The molecule has 1 aliphatic rings. The van der Waals surface area contributed by atoms with Crippen molar-refractivity contribution in [1.82, 2.24) is 10.2 Å². The molecule has 1 saturated heterocycles. The summed E-state index contributed by atoms with van der Waals surface area (Å²) >= 11 is 0. The summed E-state index contributed by atoms with van der Waals surface area (Å²) in [6, 6.07) is 0. The first-order valence-corrected chi connectivity index (χ1v) is 6.53. The van der Waals surface area contributed by atoms with E-state index in [1.165, 1.54) is 19.6 Å². The van der Waals surface area contributed by atoms with Crippen LogP contribution in [0.25, 0.3) is 0 Å². The van der Waals surface area contributed by atoms with E-state index in [4.69, 9.17) is 4.74 Å². The van der Waals surface area contributed by atoms with Crippen LogP contribution in [0.1, 0.15) is 20.8 Å². The van der Waals surface area contributed by atoms with Gasteiger partial charge in [0.1, 0.15) is 0 Å². The minimum absolute atomic E-state index is 0.636. The Hall–Kier alpha value is -0.120. The fourth-order valence-corrected chi connectivity index (χ4v) is 2.59. The summed E-state index contributed by atoms with van der Waals surface area (Å²) < 4.78 is 5.22. The number of nitrogens with one attached hydrogen (secondary N) is 1. The van der Waals surface area contributed by atoms with Gasteiger partial charge in [0.25, 0.3) is 0 Å². The average Bonchev–Trinajstić information content (AvgIpc) is 2.15. The lowest BCUT2D eigenvalue weighted by Crippen LogP contribution is -2.44. The van der Waals surface area contributed by atoms with E-state index in [0.29, 0.717) is 5.92 Å².